The number of aliphatic imine (C=N–C) groups is 2. The van der Waals surface area contributed by atoms with Gasteiger partial charge in [-0.2, -0.15) is 0 Å². The van der Waals surface area contributed by atoms with Gasteiger partial charge in [-0.25, -0.2) is 0 Å². The Morgan fingerprint density at radius 2 is 0.614 bits per heavy atom. The number of carbonyl (C=O) groups excluding carboxylic acids is 2. The normalized spacial score (nSPS) is 11.0. The van der Waals surface area contributed by atoms with E-state index in [1.54, 1.807) is 97.1 Å². The van der Waals surface area contributed by atoms with Crippen molar-refractivity contribution in [2.45, 2.75) is 156 Å². The first-order valence-electron chi connectivity index (χ1n) is 31.5. The molecule has 0 saturated carbocycles. The molecule has 0 aliphatic rings. The van der Waals surface area contributed by atoms with Gasteiger partial charge in [-0.05, 0) is 96.8 Å². The average Bonchev–Trinajstić information content (AvgIpc) is 3.72. The number of unbranched alkanes of at least 4 members (excludes halogenated alkanes) is 12. The predicted octanol–water partition coefficient (Wildman–Crippen LogP) is 19.5. The van der Waals surface area contributed by atoms with Crippen molar-refractivity contribution in [1.29, 1.82) is 0 Å². The van der Waals surface area contributed by atoms with Crippen molar-refractivity contribution in [2.24, 2.45) is 9.98 Å². The first kappa shape index (κ1) is 75.1. The summed E-state index contributed by atoms with van der Waals surface area (Å²) in [5.41, 5.74) is 11.8. The fourth-order valence-corrected chi connectivity index (χ4v) is 9.20. The van der Waals surface area contributed by atoms with Gasteiger partial charge >= 0.3 is 40.8 Å². The minimum atomic E-state index is -0.264. The first-order valence-corrected chi connectivity index (χ1v) is 31.5. The number of nitrogens with zero attached hydrogens (tertiary/aromatic N) is 2. The number of aryl methyl sites for hydroxylation is 4. The minimum absolute atomic E-state index is 0. The van der Waals surface area contributed by atoms with Gasteiger partial charge in [0.05, 0.1) is 11.4 Å². The number of hydrogen-bond acceptors (Lipinski definition) is 6. The molecule has 8 heteroatoms. The van der Waals surface area contributed by atoms with Gasteiger partial charge in [0, 0.05) is 11.1 Å². The number of rotatable bonds is 30. The molecule has 0 unspecified atom stereocenters. The molecule has 0 atom stereocenters. The molecule has 6 nitrogen and oxygen atoms in total. The van der Waals surface area contributed by atoms with Crippen LogP contribution in [0.15, 0.2) is 228 Å². The van der Waals surface area contributed by atoms with Crippen molar-refractivity contribution in [2.75, 3.05) is 0 Å². The first-order chi connectivity index (χ1) is 42.2. The number of allylic oxidation sites excluding steroid dienone is 2. The van der Waals surface area contributed by atoms with Crippen molar-refractivity contribution in [3.8, 4) is 0 Å². The average molecular weight is 1360 g/mol. The van der Waals surface area contributed by atoms with Crippen molar-refractivity contribution in [3.63, 3.8) is 0 Å². The van der Waals surface area contributed by atoms with Crippen molar-refractivity contribution in [1.82, 2.24) is 0 Å². The van der Waals surface area contributed by atoms with E-state index < -0.39 is 0 Å². The maximum absolute atomic E-state index is 11.8. The molecule has 88 heavy (non-hydrogen) atoms. The van der Waals surface area contributed by atoms with Gasteiger partial charge in [0.25, 0.3) is 0 Å². The number of hydrogen-bond donors (Lipinski definition) is 0. The zero-order chi connectivity index (χ0) is 61.1. The molecule has 0 radical (unpaired) electrons. The molecule has 8 aromatic carbocycles. The predicted molar refractivity (Wildman–Crippen MR) is 360 cm³/mol. The van der Waals surface area contributed by atoms with Crippen LogP contribution in [0.5, 0.6) is 0 Å². The van der Waals surface area contributed by atoms with Gasteiger partial charge in [-0.1, -0.05) is 288 Å². The molecule has 0 spiro atoms. The topological polar surface area (TPSA) is 105 Å². The van der Waals surface area contributed by atoms with Crippen molar-refractivity contribution >= 4 is 46.9 Å². The van der Waals surface area contributed by atoms with Gasteiger partial charge in [-0.3, -0.25) is 9.59 Å². The van der Waals surface area contributed by atoms with Crippen LogP contribution in [0.4, 0.5) is 11.4 Å². The molecule has 0 aliphatic carbocycles. The second-order valence-corrected chi connectivity index (χ2v) is 21.6. The number of carbonyl (C=O) groups is 2. The van der Waals surface area contributed by atoms with Gasteiger partial charge in [0.2, 0.25) is 0 Å². The van der Waals surface area contributed by atoms with Crippen LogP contribution in [0.2, 0.25) is 0 Å². The fourth-order valence-electron chi connectivity index (χ4n) is 9.20. The van der Waals surface area contributed by atoms with E-state index in [-0.39, 0.29) is 63.9 Å². The molecule has 0 heterocycles. The second-order valence-electron chi connectivity index (χ2n) is 21.6. The SMILES string of the molecule is CCCCCCc1c[c-]c(C=Nc2ccc(CCCCCC)cc2)cc1.CCCCCCc1c[c-]c(C=Nc2ccc(CCCCCC)cc2)cc1.O=C(/C=C(\[O-])c1ccccc1)c1ccccc1.O=C(/C=C(\[O-])c1ccccc1)c1ccccc1.[Pd+2].[Pd+2]. The molecule has 0 aromatic heterocycles. The standard InChI is InChI=1S/2C25H34N.2C15H12O2.2Pd/c2*1-3-5-7-9-11-22-13-15-24(16-14-22)21-26-25-19-17-23(18-20-25)12-10-8-6-4-2;2*16-14(12-7-3-1-4-8-12)11-15(17)13-9-5-2-6-10-13;;/h2*13-15,17-21H,3-12H2,1-2H3;2*1-11,16H;;/q2*-1;;;2*+2/p-2/b;;2*14-11-;;. The quantitative estimate of drug-likeness (QED) is 0.00850. The summed E-state index contributed by atoms with van der Waals surface area (Å²) in [4.78, 5) is 32.7. The monoisotopic (exact) mass is 1350 g/mol. The van der Waals surface area contributed by atoms with Crippen LogP contribution in [-0.2, 0) is 66.5 Å². The molecule has 0 bridgehead atoms. The van der Waals surface area contributed by atoms with Gasteiger partial charge in [0.15, 0.2) is 11.6 Å². The van der Waals surface area contributed by atoms with E-state index in [0.717, 1.165) is 47.5 Å². The van der Waals surface area contributed by atoms with E-state index in [1.165, 1.54) is 138 Å². The molecule has 0 aliphatic heterocycles. The molecule has 8 aromatic rings. The van der Waals surface area contributed by atoms with Gasteiger partial charge in [-0.15, -0.1) is 70.8 Å². The molecule has 0 amide bonds. The zero-order valence-electron chi connectivity index (χ0n) is 52.2. The summed E-state index contributed by atoms with van der Waals surface area (Å²) in [6.07, 6.45) is 31.8. The Balaban J connectivity index is 0.000000310. The maximum Gasteiger partial charge on any atom is 2.00 e. The third-order valence-electron chi connectivity index (χ3n) is 14.4. The van der Waals surface area contributed by atoms with Crippen LogP contribution in [0.3, 0.4) is 0 Å². The Kier molecular flexibility index (Phi) is 40.0. The van der Waals surface area contributed by atoms with Crippen LogP contribution in [0.25, 0.3) is 11.5 Å². The minimum Gasteiger partial charge on any atom is -0.872 e. The maximum atomic E-state index is 11.8. The summed E-state index contributed by atoms with van der Waals surface area (Å²) < 4.78 is 0. The molecular formula is C80H90N2O4Pd2. The third-order valence-corrected chi connectivity index (χ3v) is 14.4. The van der Waals surface area contributed by atoms with Crippen molar-refractivity contribution < 1.29 is 60.6 Å². The number of ketones is 2. The van der Waals surface area contributed by atoms with Gasteiger partial charge in [0.1, 0.15) is 0 Å². The van der Waals surface area contributed by atoms with Crippen LogP contribution in [0, 0.1) is 12.1 Å². The third kappa shape index (κ3) is 31.7. The van der Waals surface area contributed by atoms with E-state index in [2.05, 4.69) is 135 Å². The second kappa shape index (κ2) is 46.9. The Bertz CT molecular complexity index is 2860. The zero-order valence-corrected chi connectivity index (χ0v) is 55.4. The Morgan fingerprint density at radius 3 is 0.886 bits per heavy atom. The summed E-state index contributed by atoms with van der Waals surface area (Å²) in [6, 6.07) is 71.9. The Hall–Kier alpha value is -7.16. The van der Waals surface area contributed by atoms with Crippen LogP contribution in [-0.4, -0.2) is 24.0 Å². The van der Waals surface area contributed by atoms with Crippen molar-refractivity contribution in [3.05, 3.63) is 286 Å². The van der Waals surface area contributed by atoms with Crippen LogP contribution in [0.1, 0.15) is 196 Å². The number of benzene rings is 8. The molecule has 8 rings (SSSR count). The van der Waals surface area contributed by atoms with Crippen LogP contribution < -0.4 is 10.2 Å². The van der Waals surface area contributed by atoms with E-state index in [9.17, 15) is 19.8 Å². The summed E-state index contributed by atoms with van der Waals surface area (Å²) in [5, 5.41) is 23.5. The molecular weight excluding hydrogens is 1270 g/mol. The Morgan fingerprint density at radius 1 is 0.341 bits per heavy atom. The summed E-state index contributed by atoms with van der Waals surface area (Å²) in [7, 11) is 0. The largest absolute Gasteiger partial charge is 2.00 e. The summed E-state index contributed by atoms with van der Waals surface area (Å²) in [6.45, 7) is 9.02. The van der Waals surface area contributed by atoms with E-state index in [0.29, 0.717) is 22.3 Å². The fraction of sp³-hybridized carbons (Fsp3) is 0.300. The molecule has 0 fully saturated rings. The summed E-state index contributed by atoms with van der Waals surface area (Å²) >= 11 is 0. The summed E-state index contributed by atoms with van der Waals surface area (Å²) in [5.74, 6) is -1.06. The van der Waals surface area contributed by atoms with E-state index in [4.69, 9.17) is 0 Å². The van der Waals surface area contributed by atoms with Gasteiger partial charge < -0.3 is 20.2 Å². The van der Waals surface area contributed by atoms with E-state index >= 15 is 0 Å². The molecule has 464 valence electrons. The van der Waals surface area contributed by atoms with Crippen LogP contribution >= 0.6 is 0 Å². The Labute approximate surface area is 555 Å². The van der Waals surface area contributed by atoms with E-state index in [1.807, 2.05) is 36.7 Å². The smallest absolute Gasteiger partial charge is 0.872 e. The molecule has 0 saturated heterocycles. The molecule has 0 N–H and O–H groups in total.